The van der Waals surface area contributed by atoms with Crippen molar-refractivity contribution in [2.24, 2.45) is 0 Å². The molecule has 0 saturated carbocycles. The first-order valence-electron chi connectivity index (χ1n) is 6.66. The summed E-state index contributed by atoms with van der Waals surface area (Å²) in [6, 6.07) is 12.8. The number of nitrogens with one attached hydrogen (secondary N) is 2. The number of pyridine rings is 1. The molecule has 0 bridgehead atoms. The van der Waals surface area contributed by atoms with Crippen molar-refractivity contribution in [2.75, 3.05) is 5.32 Å². The van der Waals surface area contributed by atoms with Gasteiger partial charge in [-0.1, -0.05) is 18.2 Å². The number of carbonyl (C=O) groups is 2. The van der Waals surface area contributed by atoms with E-state index in [1.807, 2.05) is 30.3 Å². The molecule has 21 heavy (non-hydrogen) atoms. The number of hydrogen-bond donors (Lipinski definition) is 2. The highest BCUT2D eigenvalue weighted by molar-refractivity contribution is 5.88. The Morgan fingerprint density at radius 1 is 1.10 bits per heavy atom. The lowest BCUT2D eigenvalue weighted by Crippen LogP contribution is -2.24. The second-order valence-corrected chi connectivity index (χ2v) is 4.65. The summed E-state index contributed by atoms with van der Waals surface area (Å²) < 4.78 is 0. The van der Waals surface area contributed by atoms with Gasteiger partial charge in [-0.3, -0.25) is 14.6 Å². The summed E-state index contributed by atoms with van der Waals surface area (Å²) in [6.07, 6.45) is 2.00. The van der Waals surface area contributed by atoms with Gasteiger partial charge < -0.3 is 10.6 Å². The van der Waals surface area contributed by atoms with Crippen LogP contribution in [0.15, 0.2) is 48.7 Å². The summed E-state index contributed by atoms with van der Waals surface area (Å²) in [5.74, 6) is -0.177. The van der Waals surface area contributed by atoms with E-state index in [2.05, 4.69) is 15.6 Å². The van der Waals surface area contributed by atoms with Gasteiger partial charge >= 0.3 is 0 Å². The molecule has 108 valence electrons. The highest BCUT2D eigenvalue weighted by atomic mass is 16.2. The number of carbonyl (C=O) groups excluding carboxylic acids is 2. The van der Waals surface area contributed by atoms with Crippen molar-refractivity contribution in [1.82, 2.24) is 10.3 Å². The number of rotatable bonds is 5. The van der Waals surface area contributed by atoms with Crippen LogP contribution in [0.3, 0.4) is 0 Å². The Bertz CT molecular complexity index is 609. The highest BCUT2D eigenvalue weighted by Crippen LogP contribution is 2.10. The molecule has 0 unspecified atom stereocenters. The Balaban J connectivity index is 1.83. The van der Waals surface area contributed by atoms with Crippen LogP contribution >= 0.6 is 0 Å². The molecule has 2 aromatic rings. The average Bonchev–Trinajstić information content (AvgIpc) is 2.48. The van der Waals surface area contributed by atoms with Gasteiger partial charge in [0.05, 0.1) is 18.7 Å². The number of benzene rings is 1. The predicted molar refractivity (Wildman–Crippen MR) is 80.5 cm³/mol. The van der Waals surface area contributed by atoms with E-state index in [0.29, 0.717) is 13.0 Å². The topological polar surface area (TPSA) is 71.1 Å². The van der Waals surface area contributed by atoms with Crippen molar-refractivity contribution in [1.29, 1.82) is 0 Å². The summed E-state index contributed by atoms with van der Waals surface area (Å²) in [5.41, 5.74) is 2.44. The zero-order valence-electron chi connectivity index (χ0n) is 11.8. The third kappa shape index (κ3) is 5.06. The van der Waals surface area contributed by atoms with Crippen LogP contribution in [0.25, 0.3) is 0 Å². The van der Waals surface area contributed by atoms with Crippen LogP contribution in [0.2, 0.25) is 0 Å². The van der Waals surface area contributed by atoms with Crippen molar-refractivity contribution in [2.45, 2.75) is 19.9 Å². The van der Waals surface area contributed by atoms with Crippen molar-refractivity contribution in [3.8, 4) is 0 Å². The Labute approximate surface area is 123 Å². The fraction of sp³-hybridized carbons (Fsp3) is 0.188. The average molecular weight is 283 g/mol. The maximum Gasteiger partial charge on any atom is 0.224 e. The molecule has 0 aliphatic rings. The number of aromatic nitrogens is 1. The molecule has 2 amide bonds. The minimum Gasteiger partial charge on any atom is -0.350 e. The van der Waals surface area contributed by atoms with Crippen molar-refractivity contribution in [3.05, 3.63) is 59.9 Å². The lowest BCUT2D eigenvalue weighted by Gasteiger charge is -2.06. The van der Waals surface area contributed by atoms with Gasteiger partial charge in [0.25, 0.3) is 0 Å². The van der Waals surface area contributed by atoms with Gasteiger partial charge in [0.1, 0.15) is 0 Å². The van der Waals surface area contributed by atoms with Crippen molar-refractivity contribution < 1.29 is 9.59 Å². The SMILES string of the molecule is CC(=O)Nc1ccc(CC(=O)NCc2ccccn2)cc1. The zero-order chi connectivity index (χ0) is 15.1. The highest BCUT2D eigenvalue weighted by Gasteiger charge is 2.04. The summed E-state index contributed by atoms with van der Waals surface area (Å²) in [5, 5.41) is 5.51. The molecule has 1 aromatic heterocycles. The second kappa shape index (κ2) is 7.19. The predicted octanol–water partition coefficient (Wildman–Crippen LogP) is 1.90. The number of anilines is 1. The maximum atomic E-state index is 11.8. The summed E-state index contributed by atoms with van der Waals surface area (Å²) in [6.45, 7) is 1.88. The largest absolute Gasteiger partial charge is 0.350 e. The fourth-order valence-electron chi connectivity index (χ4n) is 1.85. The molecule has 1 aromatic carbocycles. The molecular weight excluding hydrogens is 266 g/mol. The molecule has 1 heterocycles. The van der Waals surface area contributed by atoms with Crippen molar-refractivity contribution in [3.63, 3.8) is 0 Å². The van der Waals surface area contributed by atoms with Crippen LogP contribution < -0.4 is 10.6 Å². The van der Waals surface area contributed by atoms with E-state index in [4.69, 9.17) is 0 Å². The lowest BCUT2D eigenvalue weighted by molar-refractivity contribution is -0.120. The standard InChI is InChI=1S/C16H17N3O2/c1-12(20)19-14-7-5-13(6-8-14)10-16(21)18-11-15-4-2-3-9-17-15/h2-9H,10-11H2,1H3,(H,18,21)(H,19,20). The van der Waals surface area contributed by atoms with Gasteiger partial charge in [-0.05, 0) is 29.8 Å². The van der Waals surface area contributed by atoms with Gasteiger partial charge in [-0.25, -0.2) is 0 Å². The van der Waals surface area contributed by atoms with E-state index in [1.165, 1.54) is 6.92 Å². The molecule has 0 aliphatic heterocycles. The number of hydrogen-bond acceptors (Lipinski definition) is 3. The summed E-state index contributed by atoms with van der Waals surface area (Å²) in [4.78, 5) is 26.9. The first-order valence-corrected chi connectivity index (χ1v) is 6.66. The van der Waals surface area contributed by atoms with Crippen LogP contribution in [0.4, 0.5) is 5.69 Å². The Morgan fingerprint density at radius 3 is 2.48 bits per heavy atom. The van der Waals surface area contributed by atoms with E-state index in [1.54, 1.807) is 18.3 Å². The molecule has 2 rings (SSSR count). The molecule has 0 radical (unpaired) electrons. The Hall–Kier alpha value is -2.69. The van der Waals surface area contributed by atoms with Crippen LogP contribution in [-0.4, -0.2) is 16.8 Å². The van der Waals surface area contributed by atoms with Gasteiger partial charge in [0.2, 0.25) is 11.8 Å². The van der Waals surface area contributed by atoms with E-state index in [0.717, 1.165) is 16.9 Å². The van der Waals surface area contributed by atoms with Crippen molar-refractivity contribution >= 4 is 17.5 Å². The smallest absolute Gasteiger partial charge is 0.224 e. The molecule has 5 nitrogen and oxygen atoms in total. The molecular formula is C16H17N3O2. The van der Waals surface area contributed by atoms with Crippen LogP contribution in [0.1, 0.15) is 18.2 Å². The van der Waals surface area contributed by atoms with E-state index < -0.39 is 0 Å². The fourth-order valence-corrected chi connectivity index (χ4v) is 1.85. The van der Waals surface area contributed by atoms with Crippen LogP contribution in [0, 0.1) is 0 Å². The Kier molecular flexibility index (Phi) is 5.04. The minimum atomic E-state index is -0.115. The molecule has 0 saturated heterocycles. The first-order chi connectivity index (χ1) is 10.1. The third-order valence-electron chi connectivity index (χ3n) is 2.83. The monoisotopic (exact) mass is 283 g/mol. The molecule has 0 aliphatic carbocycles. The molecule has 5 heteroatoms. The molecule has 0 spiro atoms. The van der Waals surface area contributed by atoms with Gasteiger partial charge in [0.15, 0.2) is 0 Å². The van der Waals surface area contributed by atoms with Crippen LogP contribution in [0.5, 0.6) is 0 Å². The maximum absolute atomic E-state index is 11.8. The van der Waals surface area contributed by atoms with Crippen LogP contribution in [-0.2, 0) is 22.6 Å². The number of nitrogens with zero attached hydrogens (tertiary/aromatic N) is 1. The molecule has 0 atom stereocenters. The van der Waals surface area contributed by atoms with Gasteiger partial charge in [-0.2, -0.15) is 0 Å². The third-order valence-corrected chi connectivity index (χ3v) is 2.83. The second-order valence-electron chi connectivity index (χ2n) is 4.65. The molecule has 2 N–H and O–H groups in total. The summed E-state index contributed by atoms with van der Waals surface area (Å²) >= 11 is 0. The van der Waals surface area contributed by atoms with E-state index in [9.17, 15) is 9.59 Å². The van der Waals surface area contributed by atoms with Gasteiger partial charge in [0, 0.05) is 18.8 Å². The first kappa shape index (κ1) is 14.7. The van der Waals surface area contributed by atoms with Gasteiger partial charge in [-0.15, -0.1) is 0 Å². The normalized spacial score (nSPS) is 9.95. The van der Waals surface area contributed by atoms with E-state index in [-0.39, 0.29) is 11.8 Å². The quantitative estimate of drug-likeness (QED) is 0.880. The molecule has 0 fully saturated rings. The zero-order valence-corrected chi connectivity index (χ0v) is 11.8. The number of amides is 2. The Morgan fingerprint density at radius 2 is 1.86 bits per heavy atom. The minimum absolute atomic E-state index is 0.0621. The lowest BCUT2D eigenvalue weighted by atomic mass is 10.1. The van der Waals surface area contributed by atoms with E-state index >= 15 is 0 Å². The summed E-state index contributed by atoms with van der Waals surface area (Å²) in [7, 11) is 0.